The van der Waals surface area contributed by atoms with E-state index in [-0.39, 0.29) is 69.8 Å². The number of hydrogen-bond donors (Lipinski definition) is 2. The van der Waals surface area contributed by atoms with Gasteiger partial charge in [-0.25, -0.2) is 18.2 Å². The smallest absolute Gasteiger partial charge is 0.319 e. The number of phenolic OH excluding ortho intramolecular Hbond substituents is 1. The number of anilines is 1. The van der Waals surface area contributed by atoms with Crippen LogP contribution in [0, 0.1) is 24.0 Å². The average molecular weight is 548 g/mol. The normalized spacial score (nSPS) is 22.0. The summed E-state index contributed by atoms with van der Waals surface area (Å²) in [5, 5.41) is 14.4. The van der Waals surface area contributed by atoms with Gasteiger partial charge in [0, 0.05) is 23.9 Å². The van der Waals surface area contributed by atoms with Gasteiger partial charge in [0.05, 0.1) is 17.6 Å². The van der Waals surface area contributed by atoms with E-state index in [9.17, 15) is 13.9 Å². The zero-order chi connectivity index (χ0) is 27.6. The third kappa shape index (κ3) is 3.78. The molecule has 2 N–H and O–H groups in total. The van der Waals surface area contributed by atoms with E-state index >= 15 is 4.39 Å². The molecule has 0 spiro atoms. The molecule has 2 saturated heterocycles. The molecule has 2 fully saturated rings. The van der Waals surface area contributed by atoms with Crippen molar-refractivity contribution in [2.24, 2.45) is 0 Å². The number of aromatic nitrogens is 3. The Hall–Kier alpha value is -4.30. The SMILES string of the molecule is C#Cc1c(F)ccc2cc(O)cc(-c3nc4c5c(nc(OC[C@@]67CCCN6C[C@H](F)C7)nc5c3F)NCCO4)c12. The van der Waals surface area contributed by atoms with E-state index in [2.05, 4.69) is 31.1 Å². The maximum absolute atomic E-state index is 16.4. The molecule has 2 atom stereocenters. The lowest BCUT2D eigenvalue weighted by atomic mass is 9.95. The third-order valence-electron chi connectivity index (χ3n) is 8.05. The van der Waals surface area contributed by atoms with Gasteiger partial charge in [-0.05, 0) is 43.0 Å². The van der Waals surface area contributed by atoms with Gasteiger partial charge in [0.15, 0.2) is 5.82 Å². The molecule has 204 valence electrons. The minimum atomic E-state index is -0.923. The van der Waals surface area contributed by atoms with Crippen molar-refractivity contribution in [3.8, 4) is 41.2 Å². The van der Waals surface area contributed by atoms with E-state index in [0.29, 0.717) is 24.9 Å². The molecule has 11 heteroatoms. The number of ether oxygens (including phenoxy) is 2. The highest BCUT2D eigenvalue weighted by molar-refractivity contribution is 6.04. The fraction of sp³-hybridized carbons (Fsp3) is 0.345. The van der Waals surface area contributed by atoms with Crippen molar-refractivity contribution >= 4 is 27.5 Å². The van der Waals surface area contributed by atoms with Crippen LogP contribution in [0.2, 0.25) is 0 Å². The van der Waals surface area contributed by atoms with Gasteiger partial charge in [-0.1, -0.05) is 12.0 Å². The van der Waals surface area contributed by atoms with Crippen LogP contribution in [0.5, 0.6) is 17.6 Å². The van der Waals surface area contributed by atoms with Gasteiger partial charge >= 0.3 is 6.01 Å². The number of nitrogens with zero attached hydrogens (tertiary/aromatic N) is 4. The second-order valence-electron chi connectivity index (χ2n) is 10.5. The summed E-state index contributed by atoms with van der Waals surface area (Å²) in [7, 11) is 0. The lowest BCUT2D eigenvalue weighted by molar-refractivity contribution is 0.107. The fourth-order valence-corrected chi connectivity index (χ4v) is 6.31. The number of aromatic hydroxyl groups is 1. The molecule has 0 aliphatic carbocycles. The van der Waals surface area contributed by atoms with Crippen LogP contribution in [-0.2, 0) is 0 Å². The number of alkyl halides is 1. The molecule has 0 unspecified atom stereocenters. The van der Waals surface area contributed by atoms with Crippen LogP contribution in [0.3, 0.4) is 0 Å². The van der Waals surface area contributed by atoms with Crippen molar-refractivity contribution in [3.63, 3.8) is 0 Å². The number of hydrogen-bond acceptors (Lipinski definition) is 8. The minimum absolute atomic E-state index is 0.0708. The molecular weight excluding hydrogens is 523 g/mol. The lowest BCUT2D eigenvalue weighted by Crippen LogP contribution is -2.43. The fourth-order valence-electron chi connectivity index (χ4n) is 6.31. The monoisotopic (exact) mass is 547 g/mol. The van der Waals surface area contributed by atoms with Gasteiger partial charge in [-0.2, -0.15) is 9.97 Å². The minimum Gasteiger partial charge on any atom is -0.508 e. The molecule has 8 nitrogen and oxygen atoms in total. The Morgan fingerprint density at radius 1 is 1.23 bits per heavy atom. The molecule has 0 amide bonds. The summed E-state index contributed by atoms with van der Waals surface area (Å²) >= 11 is 0. The molecular formula is C29H24F3N5O3. The molecule has 0 radical (unpaired) electrons. The number of terminal acetylenes is 1. The summed E-state index contributed by atoms with van der Waals surface area (Å²) < 4.78 is 57.2. The van der Waals surface area contributed by atoms with Crippen LogP contribution in [0.1, 0.15) is 24.8 Å². The van der Waals surface area contributed by atoms with Gasteiger partial charge in [-0.3, -0.25) is 4.90 Å². The zero-order valence-corrected chi connectivity index (χ0v) is 21.3. The van der Waals surface area contributed by atoms with Crippen molar-refractivity contribution in [3.05, 3.63) is 41.5 Å². The number of rotatable bonds is 4. The molecule has 4 aromatic rings. The Kier molecular flexibility index (Phi) is 5.64. The molecule has 2 aromatic heterocycles. The van der Waals surface area contributed by atoms with Gasteiger partial charge in [0.2, 0.25) is 5.88 Å². The Morgan fingerprint density at radius 2 is 2.10 bits per heavy atom. The average Bonchev–Trinajstić information content (AvgIpc) is 3.38. The third-order valence-corrected chi connectivity index (χ3v) is 8.05. The number of halogens is 3. The second-order valence-corrected chi connectivity index (χ2v) is 10.5. The van der Waals surface area contributed by atoms with E-state index in [1.165, 1.54) is 24.3 Å². The highest BCUT2D eigenvalue weighted by Crippen LogP contribution is 2.43. The summed E-state index contributed by atoms with van der Waals surface area (Å²) in [5.41, 5.74) is -0.787. The maximum atomic E-state index is 16.4. The molecule has 3 aliphatic heterocycles. The predicted molar refractivity (Wildman–Crippen MR) is 142 cm³/mol. The highest BCUT2D eigenvalue weighted by atomic mass is 19.1. The summed E-state index contributed by atoms with van der Waals surface area (Å²) in [6, 6.07) is 5.26. The maximum Gasteiger partial charge on any atom is 0.319 e. The first-order chi connectivity index (χ1) is 19.4. The molecule has 3 aliphatic rings. The summed E-state index contributed by atoms with van der Waals surface area (Å²) in [6.07, 6.45) is 6.81. The first-order valence-electron chi connectivity index (χ1n) is 13.1. The Morgan fingerprint density at radius 3 is 2.95 bits per heavy atom. The van der Waals surface area contributed by atoms with Gasteiger partial charge < -0.3 is 19.9 Å². The molecule has 40 heavy (non-hydrogen) atoms. The predicted octanol–water partition coefficient (Wildman–Crippen LogP) is 4.57. The number of pyridine rings is 1. The standard InChI is InChI=1S/C29H24F3N5O3/c1-2-18-20(31)5-4-15-10-17(38)11-19(21(15)18)24-23(32)25-22-26(33-7-9-39-27(22)34-24)36-28(35-25)40-14-29-6-3-8-37(29)13-16(30)12-29/h1,4-5,10-11,16,38H,3,6-9,12-14H2,(H,33,35,36)/t16-,29+/m1/s1. The molecule has 5 heterocycles. The van der Waals surface area contributed by atoms with Gasteiger partial charge in [-0.15, -0.1) is 6.42 Å². The topological polar surface area (TPSA) is 92.6 Å². The van der Waals surface area contributed by atoms with E-state index in [0.717, 1.165) is 19.4 Å². The van der Waals surface area contributed by atoms with Crippen molar-refractivity contribution < 1.29 is 27.8 Å². The van der Waals surface area contributed by atoms with E-state index in [1.807, 2.05) is 0 Å². The second kappa shape index (κ2) is 9.13. The molecule has 7 rings (SSSR count). The van der Waals surface area contributed by atoms with Gasteiger partial charge in [0.1, 0.15) is 53.4 Å². The van der Waals surface area contributed by atoms with Crippen LogP contribution >= 0.6 is 0 Å². The van der Waals surface area contributed by atoms with E-state index in [4.69, 9.17) is 15.9 Å². The molecule has 0 bridgehead atoms. The van der Waals surface area contributed by atoms with Crippen molar-refractivity contribution in [2.45, 2.75) is 31.0 Å². The first-order valence-corrected chi connectivity index (χ1v) is 13.1. The Bertz CT molecular complexity index is 1740. The van der Waals surface area contributed by atoms with Crippen LogP contribution in [0.4, 0.5) is 19.0 Å². The van der Waals surface area contributed by atoms with E-state index < -0.39 is 23.3 Å². The summed E-state index contributed by atoms with van der Waals surface area (Å²) in [5.74, 6) is 1.01. The number of fused-ring (bicyclic) bond motifs is 2. The summed E-state index contributed by atoms with van der Waals surface area (Å²) in [4.78, 5) is 15.4. The molecule has 0 saturated carbocycles. The number of benzene rings is 2. The number of phenols is 1. The van der Waals surface area contributed by atoms with Crippen molar-refractivity contribution in [1.29, 1.82) is 0 Å². The van der Waals surface area contributed by atoms with Crippen LogP contribution in [0.15, 0.2) is 24.3 Å². The Labute approximate surface area is 227 Å². The first kappa shape index (κ1) is 24.7. The number of nitrogens with one attached hydrogen (secondary N) is 1. The quantitative estimate of drug-likeness (QED) is 0.359. The van der Waals surface area contributed by atoms with Crippen molar-refractivity contribution in [2.75, 3.05) is 38.2 Å². The van der Waals surface area contributed by atoms with Gasteiger partial charge in [0.25, 0.3) is 0 Å². The summed E-state index contributed by atoms with van der Waals surface area (Å²) in [6.45, 7) is 1.92. The zero-order valence-electron chi connectivity index (χ0n) is 21.3. The Balaban J connectivity index is 1.40. The van der Waals surface area contributed by atoms with Crippen LogP contribution in [-0.4, -0.2) is 69.5 Å². The van der Waals surface area contributed by atoms with Crippen LogP contribution < -0.4 is 14.8 Å². The molecule has 2 aromatic carbocycles. The van der Waals surface area contributed by atoms with Crippen molar-refractivity contribution in [1.82, 2.24) is 19.9 Å². The highest BCUT2D eigenvalue weighted by Gasteiger charge is 2.49. The lowest BCUT2D eigenvalue weighted by Gasteiger charge is -2.30. The van der Waals surface area contributed by atoms with E-state index in [1.54, 1.807) is 0 Å². The van der Waals surface area contributed by atoms with Crippen LogP contribution in [0.25, 0.3) is 32.9 Å². The largest absolute Gasteiger partial charge is 0.508 e.